The van der Waals surface area contributed by atoms with Crippen LogP contribution in [0.1, 0.15) is 27.7 Å². The number of amides is 1. The Hall–Kier alpha value is -4.07. The number of ether oxygens (including phenoxy) is 2. The molecule has 0 radical (unpaired) electrons. The van der Waals surface area contributed by atoms with Crippen molar-refractivity contribution in [3.8, 4) is 11.5 Å². The van der Waals surface area contributed by atoms with E-state index in [4.69, 9.17) is 13.9 Å². The van der Waals surface area contributed by atoms with Gasteiger partial charge < -0.3 is 23.9 Å². The third-order valence-corrected chi connectivity index (χ3v) is 5.55. The van der Waals surface area contributed by atoms with Gasteiger partial charge in [0.15, 0.2) is 23.0 Å². The zero-order valence-electron chi connectivity index (χ0n) is 18.1. The number of methoxy groups -OCH3 is 2. The fourth-order valence-corrected chi connectivity index (χ4v) is 3.97. The summed E-state index contributed by atoms with van der Waals surface area (Å²) in [5, 5.41) is 10.6. The van der Waals surface area contributed by atoms with E-state index in [1.165, 1.54) is 55.7 Å². The summed E-state index contributed by atoms with van der Waals surface area (Å²) in [6, 6.07) is 13.0. The Morgan fingerprint density at radius 3 is 2.55 bits per heavy atom. The van der Waals surface area contributed by atoms with E-state index in [1.807, 2.05) is 6.07 Å². The van der Waals surface area contributed by atoms with E-state index in [0.29, 0.717) is 23.5 Å². The fraction of sp³-hybridized carbons (Fsp3) is 0.200. The maximum Gasteiger partial charge on any atom is 0.290 e. The zero-order valence-corrected chi connectivity index (χ0v) is 18.1. The maximum absolute atomic E-state index is 14.0. The van der Waals surface area contributed by atoms with Gasteiger partial charge in [-0.15, -0.1) is 0 Å². The molecule has 4 rings (SSSR count). The molecule has 1 aliphatic rings. The molecular formula is C25H22FNO6. The normalized spacial score (nSPS) is 15.8. The second kappa shape index (κ2) is 9.20. The number of nitrogens with zero attached hydrogens (tertiary/aromatic N) is 1. The second-order valence-electron chi connectivity index (χ2n) is 7.46. The lowest BCUT2D eigenvalue weighted by molar-refractivity contribution is -0.129. The van der Waals surface area contributed by atoms with Gasteiger partial charge in [-0.2, -0.15) is 0 Å². The van der Waals surface area contributed by atoms with Crippen LogP contribution in [0.2, 0.25) is 0 Å². The summed E-state index contributed by atoms with van der Waals surface area (Å²) in [6.45, 7) is 0.161. The lowest BCUT2D eigenvalue weighted by Crippen LogP contribution is -2.33. The number of Topliss-reactive ketones (excluding diaryl/α,β-unsaturated/α-hetero) is 1. The predicted molar refractivity (Wildman–Crippen MR) is 117 cm³/mol. The van der Waals surface area contributed by atoms with Crippen LogP contribution in [0.15, 0.2) is 76.6 Å². The zero-order chi connectivity index (χ0) is 23.5. The van der Waals surface area contributed by atoms with E-state index in [1.54, 1.807) is 18.2 Å². The number of carbonyl (C=O) groups is 2. The van der Waals surface area contributed by atoms with Crippen LogP contribution in [0.25, 0.3) is 0 Å². The van der Waals surface area contributed by atoms with Crippen molar-refractivity contribution in [1.82, 2.24) is 4.90 Å². The molecule has 0 saturated heterocycles. The number of halogens is 1. The van der Waals surface area contributed by atoms with E-state index in [0.717, 1.165) is 5.56 Å². The molecular weight excluding hydrogens is 429 g/mol. The molecule has 1 amide bonds. The van der Waals surface area contributed by atoms with Crippen molar-refractivity contribution in [3.63, 3.8) is 0 Å². The number of hydrogen-bond acceptors (Lipinski definition) is 6. The first kappa shape index (κ1) is 22.1. The van der Waals surface area contributed by atoms with Crippen molar-refractivity contribution in [1.29, 1.82) is 0 Å². The Morgan fingerprint density at radius 2 is 1.88 bits per heavy atom. The lowest BCUT2D eigenvalue weighted by Gasteiger charge is -2.27. The first-order chi connectivity index (χ1) is 15.9. The van der Waals surface area contributed by atoms with Crippen LogP contribution >= 0.6 is 0 Å². The number of aliphatic hydroxyl groups excluding tert-OH is 1. The summed E-state index contributed by atoms with van der Waals surface area (Å²) in [6.07, 6.45) is 1.72. The minimum absolute atomic E-state index is 0.0208. The molecule has 170 valence electrons. The van der Waals surface area contributed by atoms with Crippen molar-refractivity contribution < 1.29 is 33.0 Å². The third-order valence-electron chi connectivity index (χ3n) is 5.55. The van der Waals surface area contributed by atoms with Crippen LogP contribution in [-0.4, -0.2) is 42.5 Å². The monoisotopic (exact) mass is 451 g/mol. The van der Waals surface area contributed by atoms with E-state index < -0.39 is 29.3 Å². The molecule has 1 unspecified atom stereocenters. The van der Waals surface area contributed by atoms with Crippen molar-refractivity contribution in [2.24, 2.45) is 0 Å². The molecule has 3 aromatic rings. The molecule has 1 aromatic heterocycles. The highest BCUT2D eigenvalue weighted by Gasteiger charge is 2.44. The molecule has 33 heavy (non-hydrogen) atoms. The standard InChI is InChI=1S/C25H22FNO6/c1-31-18-9-8-15(13-20(18)32-2)10-11-27-22(16-5-3-6-17(26)14-16)21(24(29)25(27)30)23(28)19-7-4-12-33-19/h3-9,12-14,22,29H,10-11H2,1-2H3. The van der Waals surface area contributed by atoms with Crippen LogP contribution < -0.4 is 9.47 Å². The summed E-state index contributed by atoms with van der Waals surface area (Å²) >= 11 is 0. The summed E-state index contributed by atoms with van der Waals surface area (Å²) in [5.41, 5.74) is 1.08. The molecule has 0 saturated carbocycles. The van der Waals surface area contributed by atoms with Gasteiger partial charge in [0.05, 0.1) is 32.1 Å². The number of benzene rings is 2. The first-order valence-corrected chi connectivity index (χ1v) is 10.2. The van der Waals surface area contributed by atoms with Gasteiger partial charge in [-0.25, -0.2) is 4.39 Å². The largest absolute Gasteiger partial charge is 0.503 e. The predicted octanol–water partition coefficient (Wildman–Crippen LogP) is 4.26. The van der Waals surface area contributed by atoms with Crippen LogP contribution in [-0.2, 0) is 11.2 Å². The molecule has 8 heteroatoms. The fourth-order valence-electron chi connectivity index (χ4n) is 3.97. The van der Waals surface area contributed by atoms with E-state index in [9.17, 15) is 19.1 Å². The van der Waals surface area contributed by atoms with Gasteiger partial charge in [0.25, 0.3) is 5.91 Å². The van der Waals surface area contributed by atoms with Gasteiger partial charge in [-0.1, -0.05) is 18.2 Å². The van der Waals surface area contributed by atoms with Crippen LogP contribution in [0, 0.1) is 5.82 Å². The van der Waals surface area contributed by atoms with Gasteiger partial charge in [-0.3, -0.25) is 9.59 Å². The molecule has 0 bridgehead atoms. The number of hydrogen-bond donors (Lipinski definition) is 1. The summed E-state index contributed by atoms with van der Waals surface area (Å²) in [4.78, 5) is 27.4. The number of furan rings is 1. The minimum atomic E-state index is -0.967. The number of carbonyl (C=O) groups excluding carboxylic acids is 2. The Labute approximate surface area is 189 Å². The molecule has 1 atom stereocenters. The molecule has 1 aliphatic heterocycles. The van der Waals surface area contributed by atoms with Gasteiger partial charge in [-0.05, 0) is 53.9 Å². The summed E-state index contributed by atoms with van der Waals surface area (Å²) < 4.78 is 29.8. The number of ketones is 1. The minimum Gasteiger partial charge on any atom is -0.503 e. The maximum atomic E-state index is 14.0. The molecule has 0 fully saturated rings. The van der Waals surface area contributed by atoms with E-state index in [-0.39, 0.29) is 17.9 Å². The van der Waals surface area contributed by atoms with Gasteiger partial charge in [0, 0.05) is 6.54 Å². The second-order valence-corrected chi connectivity index (χ2v) is 7.46. The summed E-state index contributed by atoms with van der Waals surface area (Å²) in [7, 11) is 3.07. The van der Waals surface area contributed by atoms with Crippen molar-refractivity contribution >= 4 is 11.7 Å². The van der Waals surface area contributed by atoms with Gasteiger partial charge in [0.1, 0.15) is 5.82 Å². The molecule has 2 heterocycles. The third kappa shape index (κ3) is 4.19. The topological polar surface area (TPSA) is 89.2 Å². The van der Waals surface area contributed by atoms with Crippen molar-refractivity contribution in [2.45, 2.75) is 12.5 Å². The Morgan fingerprint density at radius 1 is 1.09 bits per heavy atom. The summed E-state index contributed by atoms with van der Waals surface area (Å²) in [5.74, 6) is -1.43. The highest BCUT2D eigenvalue weighted by Crippen LogP contribution is 2.39. The van der Waals surface area contributed by atoms with E-state index in [2.05, 4.69) is 0 Å². The van der Waals surface area contributed by atoms with Gasteiger partial charge in [0.2, 0.25) is 5.78 Å². The average molecular weight is 451 g/mol. The van der Waals surface area contributed by atoms with Crippen LogP contribution in [0.4, 0.5) is 4.39 Å². The Bertz CT molecular complexity index is 1220. The Balaban J connectivity index is 1.68. The van der Waals surface area contributed by atoms with Crippen molar-refractivity contribution in [3.05, 3.63) is 94.9 Å². The Kier molecular flexibility index (Phi) is 6.17. The quantitative estimate of drug-likeness (QED) is 0.515. The average Bonchev–Trinajstić information content (AvgIpc) is 3.45. The molecule has 0 spiro atoms. The van der Waals surface area contributed by atoms with E-state index >= 15 is 0 Å². The lowest BCUT2D eigenvalue weighted by atomic mass is 9.95. The molecule has 7 nitrogen and oxygen atoms in total. The molecule has 2 aromatic carbocycles. The SMILES string of the molecule is COc1ccc(CCN2C(=O)C(O)=C(C(=O)c3ccco3)C2c2cccc(F)c2)cc1OC. The highest BCUT2D eigenvalue weighted by molar-refractivity contribution is 6.15. The first-order valence-electron chi connectivity index (χ1n) is 10.2. The number of aliphatic hydroxyl groups is 1. The van der Waals surface area contributed by atoms with Crippen molar-refractivity contribution in [2.75, 3.05) is 20.8 Å². The van der Waals surface area contributed by atoms with Crippen LogP contribution in [0.3, 0.4) is 0 Å². The molecule has 1 N–H and O–H groups in total. The highest BCUT2D eigenvalue weighted by atomic mass is 19.1. The smallest absolute Gasteiger partial charge is 0.290 e. The molecule has 0 aliphatic carbocycles. The van der Waals surface area contributed by atoms with Gasteiger partial charge >= 0.3 is 0 Å². The van der Waals surface area contributed by atoms with Crippen LogP contribution in [0.5, 0.6) is 11.5 Å². The number of rotatable bonds is 8.